The number of ketones is 1. The fourth-order valence-corrected chi connectivity index (χ4v) is 3.22. The third-order valence-electron chi connectivity index (χ3n) is 4.63. The number of nitrogens with two attached hydrogens (primary N) is 1. The highest BCUT2D eigenvalue weighted by atomic mass is 32.1. The Balaban J connectivity index is 2.07. The van der Waals surface area contributed by atoms with E-state index in [4.69, 9.17) is 22.7 Å². The highest BCUT2D eigenvalue weighted by Gasteiger charge is 2.35. The van der Waals surface area contributed by atoms with Gasteiger partial charge in [0.2, 0.25) is 5.91 Å². The van der Waals surface area contributed by atoms with Gasteiger partial charge < -0.3 is 15.8 Å². The molecule has 0 aromatic heterocycles. The number of alkyl halides is 3. The van der Waals surface area contributed by atoms with E-state index in [0.29, 0.717) is 6.42 Å². The first kappa shape index (κ1) is 26.0. The van der Waals surface area contributed by atoms with Crippen LogP contribution < -0.4 is 21.1 Å². The second-order valence-corrected chi connectivity index (χ2v) is 7.72. The molecule has 1 aromatic rings. The largest absolute Gasteiger partial charge is 0.493 e. The molecule has 0 aliphatic heterocycles. The van der Waals surface area contributed by atoms with Crippen LogP contribution in [0, 0.1) is 5.92 Å². The molecule has 0 heterocycles. The van der Waals surface area contributed by atoms with E-state index in [2.05, 4.69) is 10.6 Å². The van der Waals surface area contributed by atoms with Crippen molar-refractivity contribution in [3.05, 3.63) is 47.6 Å². The van der Waals surface area contributed by atoms with E-state index >= 15 is 0 Å². The van der Waals surface area contributed by atoms with E-state index in [-0.39, 0.29) is 40.9 Å². The predicted molar refractivity (Wildman–Crippen MR) is 120 cm³/mol. The Bertz CT molecular complexity index is 990. The van der Waals surface area contributed by atoms with Gasteiger partial charge >= 0.3 is 6.18 Å². The summed E-state index contributed by atoms with van der Waals surface area (Å²) in [5.41, 5.74) is 4.20. The fourth-order valence-electron chi connectivity index (χ4n) is 3.00. The molecule has 0 saturated carbocycles. The van der Waals surface area contributed by atoms with Crippen LogP contribution >= 0.6 is 12.2 Å². The number of carbonyl (C=O) groups excluding carboxylic acids is 3. The number of benzene rings is 1. The van der Waals surface area contributed by atoms with Crippen molar-refractivity contribution < 1.29 is 32.3 Å². The van der Waals surface area contributed by atoms with E-state index in [1.807, 2.05) is 6.92 Å². The summed E-state index contributed by atoms with van der Waals surface area (Å²) in [6.45, 7) is 2.14. The van der Waals surface area contributed by atoms with Crippen LogP contribution in [-0.2, 0) is 20.6 Å². The molecule has 0 saturated heterocycles. The molecule has 0 fully saturated rings. The predicted octanol–water partition coefficient (Wildman–Crippen LogP) is 3.64. The number of primary amides is 1. The van der Waals surface area contributed by atoms with Gasteiger partial charge in [-0.2, -0.15) is 13.2 Å². The first-order valence-corrected chi connectivity index (χ1v) is 10.6. The van der Waals surface area contributed by atoms with Gasteiger partial charge in [-0.3, -0.25) is 19.7 Å². The number of nitrogens with one attached hydrogen (secondary N) is 2. The maximum Gasteiger partial charge on any atom is 0.420 e. The number of hydrogen-bond acceptors (Lipinski definition) is 5. The summed E-state index contributed by atoms with van der Waals surface area (Å²) in [5.74, 6) is -2.92. The summed E-state index contributed by atoms with van der Waals surface area (Å²) in [6, 6.07) is 3.38. The summed E-state index contributed by atoms with van der Waals surface area (Å²) in [4.78, 5) is 35.3. The molecule has 4 N–H and O–H groups in total. The standard InChI is InChI=1S/C22H24F3N3O4S/c1-2-3-4-9-32-18-8-6-15(12-16(18)22(23,24)25)27-21(33)28-20(31)13-5-7-17(29)14(10-13)11-19(26)30/h5-8,10,12,14H,2-4,9,11H2,1H3,(H2,26,30)(H2,27,28,31,33). The molecule has 1 aliphatic rings. The van der Waals surface area contributed by atoms with Crippen LogP contribution in [0.15, 0.2) is 42.0 Å². The number of unbranched alkanes of at least 4 members (excludes halogenated alkanes) is 2. The Kier molecular flexibility index (Phi) is 9.15. The minimum atomic E-state index is -4.65. The van der Waals surface area contributed by atoms with Crippen LogP contribution in [0.3, 0.4) is 0 Å². The highest BCUT2D eigenvalue weighted by Crippen LogP contribution is 2.38. The lowest BCUT2D eigenvalue weighted by atomic mass is 9.91. The van der Waals surface area contributed by atoms with E-state index in [0.717, 1.165) is 25.0 Å². The number of anilines is 1. The molecular formula is C22H24F3N3O4S. The van der Waals surface area contributed by atoms with Gasteiger partial charge in [0, 0.05) is 23.6 Å². The molecule has 0 spiro atoms. The highest BCUT2D eigenvalue weighted by molar-refractivity contribution is 7.80. The Morgan fingerprint density at radius 1 is 1.21 bits per heavy atom. The number of ether oxygens (including phenoxy) is 1. The quantitative estimate of drug-likeness (QED) is 0.365. The van der Waals surface area contributed by atoms with Crippen molar-refractivity contribution >= 4 is 40.6 Å². The van der Waals surface area contributed by atoms with Crippen molar-refractivity contribution in [2.45, 2.75) is 38.8 Å². The van der Waals surface area contributed by atoms with Crippen LogP contribution in [0.2, 0.25) is 0 Å². The zero-order chi connectivity index (χ0) is 24.6. The van der Waals surface area contributed by atoms with Gasteiger partial charge in [0.15, 0.2) is 10.9 Å². The second-order valence-electron chi connectivity index (χ2n) is 7.31. The first-order valence-electron chi connectivity index (χ1n) is 10.2. The second kappa shape index (κ2) is 11.6. The fraction of sp³-hybridized carbons (Fsp3) is 0.364. The van der Waals surface area contributed by atoms with Gasteiger partial charge in [-0.15, -0.1) is 0 Å². The summed E-state index contributed by atoms with van der Waals surface area (Å²) in [7, 11) is 0. The van der Waals surface area contributed by atoms with Crippen LogP contribution in [0.5, 0.6) is 5.75 Å². The molecule has 1 atom stereocenters. The van der Waals surface area contributed by atoms with Gasteiger partial charge in [0.1, 0.15) is 5.75 Å². The van der Waals surface area contributed by atoms with Crippen molar-refractivity contribution in [2.24, 2.45) is 11.7 Å². The molecule has 0 radical (unpaired) electrons. The SMILES string of the molecule is CCCCCOc1ccc(NC(=S)NC(=O)C2=CC(CC(N)=O)C(=O)C=C2)cc1C(F)(F)F. The zero-order valence-corrected chi connectivity index (χ0v) is 18.6. The molecule has 33 heavy (non-hydrogen) atoms. The summed E-state index contributed by atoms with van der Waals surface area (Å²) >= 11 is 5.02. The van der Waals surface area contributed by atoms with Crippen molar-refractivity contribution in [3.63, 3.8) is 0 Å². The number of amides is 2. The average molecular weight is 484 g/mol. The number of allylic oxidation sites excluding steroid dienone is 2. The minimum Gasteiger partial charge on any atom is -0.493 e. The minimum absolute atomic E-state index is 0.00322. The number of carbonyl (C=O) groups is 3. The monoisotopic (exact) mass is 483 g/mol. The van der Waals surface area contributed by atoms with Crippen molar-refractivity contribution in [1.82, 2.24) is 5.32 Å². The summed E-state index contributed by atoms with van der Waals surface area (Å²) in [6.07, 6.45) is 1.18. The maximum atomic E-state index is 13.5. The van der Waals surface area contributed by atoms with Crippen LogP contribution in [0.1, 0.15) is 38.2 Å². The Hall–Kier alpha value is -3.21. The lowest BCUT2D eigenvalue weighted by molar-refractivity contribution is -0.139. The van der Waals surface area contributed by atoms with Gasteiger partial charge in [0.25, 0.3) is 5.91 Å². The van der Waals surface area contributed by atoms with Crippen molar-refractivity contribution in [2.75, 3.05) is 11.9 Å². The number of hydrogen-bond donors (Lipinski definition) is 3. The average Bonchev–Trinajstić information content (AvgIpc) is 2.72. The lowest BCUT2D eigenvalue weighted by Gasteiger charge is -2.17. The number of thiocarbonyl (C=S) groups is 1. The number of rotatable bonds is 9. The zero-order valence-electron chi connectivity index (χ0n) is 17.8. The van der Waals surface area contributed by atoms with E-state index in [9.17, 15) is 27.6 Å². The van der Waals surface area contributed by atoms with E-state index in [1.165, 1.54) is 24.3 Å². The topological polar surface area (TPSA) is 111 Å². The molecule has 0 bridgehead atoms. The smallest absolute Gasteiger partial charge is 0.420 e. The van der Waals surface area contributed by atoms with Gasteiger partial charge in [-0.1, -0.05) is 25.8 Å². The summed E-state index contributed by atoms with van der Waals surface area (Å²) < 4.78 is 45.7. The normalized spacial score (nSPS) is 15.6. The molecule has 1 aromatic carbocycles. The molecule has 1 unspecified atom stereocenters. The Morgan fingerprint density at radius 3 is 2.58 bits per heavy atom. The van der Waals surface area contributed by atoms with E-state index in [1.54, 1.807) is 0 Å². The van der Waals surface area contributed by atoms with E-state index < -0.39 is 29.5 Å². The van der Waals surface area contributed by atoms with Gasteiger partial charge in [0.05, 0.1) is 12.2 Å². The van der Waals surface area contributed by atoms with Gasteiger partial charge in [-0.05, 0) is 49.0 Å². The molecule has 178 valence electrons. The van der Waals surface area contributed by atoms with Crippen LogP contribution in [0.4, 0.5) is 18.9 Å². The van der Waals surface area contributed by atoms with Crippen LogP contribution in [0.25, 0.3) is 0 Å². The first-order chi connectivity index (χ1) is 15.5. The molecule has 1 aliphatic carbocycles. The Labute approximate surface area is 194 Å². The van der Waals surface area contributed by atoms with Gasteiger partial charge in [-0.25, -0.2) is 0 Å². The van der Waals surface area contributed by atoms with Crippen molar-refractivity contribution in [3.8, 4) is 5.75 Å². The molecular weight excluding hydrogens is 459 g/mol. The lowest BCUT2D eigenvalue weighted by Crippen LogP contribution is -2.36. The number of halogens is 3. The van der Waals surface area contributed by atoms with Crippen molar-refractivity contribution in [1.29, 1.82) is 0 Å². The molecule has 11 heteroatoms. The van der Waals surface area contributed by atoms with Crippen LogP contribution in [-0.4, -0.2) is 29.3 Å². The molecule has 2 amide bonds. The summed E-state index contributed by atoms with van der Waals surface area (Å²) in [5, 5.41) is 4.61. The molecule has 2 rings (SSSR count). The molecule has 7 nitrogen and oxygen atoms in total. The maximum absolute atomic E-state index is 13.5. The Morgan fingerprint density at radius 2 is 1.94 bits per heavy atom. The third-order valence-corrected chi connectivity index (χ3v) is 4.84. The third kappa shape index (κ3) is 8.01.